The summed E-state index contributed by atoms with van der Waals surface area (Å²) >= 11 is 0. The van der Waals surface area contributed by atoms with Crippen molar-refractivity contribution in [2.45, 2.75) is 52.8 Å². The summed E-state index contributed by atoms with van der Waals surface area (Å²) in [5.74, 6) is 0.727. The minimum Gasteiger partial charge on any atom is -0.519 e. The maximum Gasteiger partial charge on any atom is 0.260 e. The normalized spacial score (nSPS) is 12.8. The van der Waals surface area contributed by atoms with Crippen LogP contribution in [0.2, 0.25) is 18.1 Å². The fraction of sp³-hybridized carbons (Fsp3) is 0.818. The number of allylic oxidation sites excluding steroid dienone is 1. The predicted molar refractivity (Wildman–Crippen MR) is 63.7 cm³/mol. The van der Waals surface area contributed by atoms with Crippen molar-refractivity contribution in [3.8, 4) is 0 Å². The van der Waals surface area contributed by atoms with Crippen LogP contribution in [0.15, 0.2) is 12.0 Å². The van der Waals surface area contributed by atoms with Crippen LogP contribution in [0.5, 0.6) is 0 Å². The van der Waals surface area contributed by atoms with E-state index in [2.05, 4.69) is 20.8 Å². The molecule has 0 aromatic heterocycles. The van der Waals surface area contributed by atoms with Gasteiger partial charge in [0.25, 0.3) is 14.3 Å². The zero-order valence-electron chi connectivity index (χ0n) is 10.2. The van der Waals surface area contributed by atoms with Gasteiger partial charge in [-0.1, -0.05) is 20.8 Å². The van der Waals surface area contributed by atoms with E-state index in [9.17, 15) is 0 Å². The molecule has 84 valence electrons. The molecular weight excluding hydrogens is 192 g/mol. The smallest absolute Gasteiger partial charge is 0.260 e. The lowest BCUT2D eigenvalue weighted by molar-refractivity contribution is 0.109. The summed E-state index contributed by atoms with van der Waals surface area (Å²) in [5, 5.41) is 0. The zero-order valence-corrected chi connectivity index (χ0v) is 11.2. The van der Waals surface area contributed by atoms with Gasteiger partial charge in [0.2, 0.25) is 0 Å². The molecule has 0 unspecified atom stereocenters. The molecule has 0 N–H and O–H groups in total. The van der Waals surface area contributed by atoms with E-state index in [1.807, 2.05) is 19.9 Å². The molecule has 0 radical (unpaired) electrons. The maximum atomic E-state index is 6.05. The van der Waals surface area contributed by atoms with Gasteiger partial charge in [-0.15, -0.1) is 0 Å². The molecular formula is C11H24O2Si. The van der Waals surface area contributed by atoms with Crippen LogP contribution in [0.4, 0.5) is 0 Å². The third-order valence-electron chi connectivity index (χ3n) is 2.77. The molecule has 0 aromatic carbocycles. The van der Waals surface area contributed by atoms with E-state index < -0.39 is 8.32 Å². The highest BCUT2D eigenvalue weighted by Crippen LogP contribution is 2.24. The summed E-state index contributed by atoms with van der Waals surface area (Å²) < 4.78 is 11.5. The van der Waals surface area contributed by atoms with E-state index in [1.54, 1.807) is 0 Å². The number of hydrogen-bond acceptors (Lipinski definition) is 2. The van der Waals surface area contributed by atoms with Crippen molar-refractivity contribution in [3.63, 3.8) is 0 Å². The molecule has 2 nitrogen and oxygen atoms in total. The fourth-order valence-corrected chi connectivity index (χ4v) is 4.03. The summed E-state index contributed by atoms with van der Waals surface area (Å²) in [7, 11) is -1.53. The van der Waals surface area contributed by atoms with Gasteiger partial charge in [-0.05, 0) is 38.1 Å². The molecule has 0 fully saturated rings. The Labute approximate surface area is 89.4 Å². The Balaban J connectivity index is 4.40. The van der Waals surface area contributed by atoms with Gasteiger partial charge >= 0.3 is 0 Å². The van der Waals surface area contributed by atoms with Crippen molar-refractivity contribution in [2.24, 2.45) is 0 Å². The minimum atomic E-state index is -1.53. The van der Waals surface area contributed by atoms with E-state index in [1.165, 1.54) is 0 Å². The second-order valence-corrected chi connectivity index (χ2v) is 8.08. The number of ether oxygens (including phenoxy) is 1. The quantitative estimate of drug-likeness (QED) is 0.474. The van der Waals surface area contributed by atoms with Gasteiger partial charge in [0, 0.05) is 0 Å². The largest absolute Gasteiger partial charge is 0.519 e. The second kappa shape index (κ2) is 6.93. The van der Waals surface area contributed by atoms with Gasteiger partial charge in [0.15, 0.2) is 0 Å². The monoisotopic (exact) mass is 216 g/mol. The number of hydrogen-bond donors (Lipinski definition) is 0. The van der Waals surface area contributed by atoms with Gasteiger partial charge in [-0.25, -0.2) is 0 Å². The van der Waals surface area contributed by atoms with E-state index >= 15 is 0 Å². The van der Waals surface area contributed by atoms with E-state index in [4.69, 9.17) is 9.16 Å². The van der Waals surface area contributed by atoms with Crippen molar-refractivity contribution in [2.75, 3.05) is 6.61 Å². The average Bonchev–Trinajstić information content (AvgIpc) is 2.25. The average molecular weight is 216 g/mol. The molecule has 0 amide bonds. The maximum absolute atomic E-state index is 6.05. The van der Waals surface area contributed by atoms with Crippen molar-refractivity contribution in [1.82, 2.24) is 0 Å². The van der Waals surface area contributed by atoms with Gasteiger partial charge in [0.05, 0.1) is 6.61 Å². The summed E-state index contributed by atoms with van der Waals surface area (Å²) in [6.45, 7) is 11.3. The molecule has 0 aliphatic heterocycles. The van der Waals surface area contributed by atoms with E-state index in [0.717, 1.165) is 24.1 Å². The second-order valence-electron chi connectivity index (χ2n) is 3.39. The Morgan fingerprint density at radius 1 is 1.07 bits per heavy atom. The lowest BCUT2D eigenvalue weighted by atomic mass is 10.7. The molecule has 14 heavy (non-hydrogen) atoms. The zero-order chi connectivity index (χ0) is 11.0. The topological polar surface area (TPSA) is 18.5 Å². The van der Waals surface area contributed by atoms with Crippen molar-refractivity contribution in [3.05, 3.63) is 12.0 Å². The molecule has 0 aliphatic carbocycles. The Morgan fingerprint density at radius 3 is 1.86 bits per heavy atom. The first kappa shape index (κ1) is 13.6. The van der Waals surface area contributed by atoms with E-state index in [0.29, 0.717) is 6.61 Å². The standard InChI is InChI=1S/C11H24O2Si/c1-6-11(12-7-2)13-14(8-3,9-4)10-5/h6H,7-10H2,1-5H3/b11-6+. The molecule has 0 aliphatic rings. The molecule has 0 saturated heterocycles. The van der Waals surface area contributed by atoms with Gasteiger partial charge < -0.3 is 9.16 Å². The summed E-state index contributed by atoms with van der Waals surface area (Å²) in [6.07, 6.45) is 1.92. The summed E-state index contributed by atoms with van der Waals surface area (Å²) in [4.78, 5) is 0. The van der Waals surface area contributed by atoms with Gasteiger partial charge in [-0.3, -0.25) is 0 Å². The summed E-state index contributed by atoms with van der Waals surface area (Å²) in [5.41, 5.74) is 0. The molecule has 0 atom stereocenters. The molecule has 0 saturated carbocycles. The van der Waals surface area contributed by atoms with Crippen LogP contribution >= 0.6 is 0 Å². The fourth-order valence-electron chi connectivity index (χ4n) is 1.49. The highest BCUT2D eigenvalue weighted by molar-refractivity contribution is 6.73. The Bertz CT molecular complexity index is 166. The van der Waals surface area contributed by atoms with Crippen LogP contribution in [0.1, 0.15) is 34.6 Å². The molecule has 0 rings (SSSR count). The van der Waals surface area contributed by atoms with Crippen LogP contribution in [-0.2, 0) is 9.16 Å². The third-order valence-corrected chi connectivity index (χ3v) is 7.27. The minimum absolute atomic E-state index is 0.682. The first-order valence-corrected chi connectivity index (χ1v) is 8.19. The SMILES string of the molecule is C/C=C(\OCC)O[Si](CC)(CC)CC. The lowest BCUT2D eigenvalue weighted by Crippen LogP contribution is -2.35. The van der Waals surface area contributed by atoms with E-state index in [-0.39, 0.29) is 0 Å². The van der Waals surface area contributed by atoms with Crippen LogP contribution in [0.25, 0.3) is 0 Å². The summed E-state index contributed by atoms with van der Waals surface area (Å²) in [6, 6.07) is 3.47. The van der Waals surface area contributed by atoms with Gasteiger partial charge in [-0.2, -0.15) is 0 Å². The van der Waals surface area contributed by atoms with Crippen LogP contribution < -0.4 is 0 Å². The lowest BCUT2D eigenvalue weighted by Gasteiger charge is -2.29. The molecule has 3 heteroatoms. The Kier molecular flexibility index (Phi) is 6.71. The van der Waals surface area contributed by atoms with Crippen LogP contribution in [0.3, 0.4) is 0 Å². The highest BCUT2D eigenvalue weighted by atomic mass is 28.4. The molecule has 0 bridgehead atoms. The van der Waals surface area contributed by atoms with Crippen molar-refractivity contribution < 1.29 is 9.16 Å². The van der Waals surface area contributed by atoms with Gasteiger partial charge in [0.1, 0.15) is 0 Å². The van der Waals surface area contributed by atoms with Crippen LogP contribution in [0, 0.1) is 0 Å². The Morgan fingerprint density at radius 2 is 1.57 bits per heavy atom. The van der Waals surface area contributed by atoms with Crippen molar-refractivity contribution in [1.29, 1.82) is 0 Å². The first-order valence-electron chi connectivity index (χ1n) is 5.66. The predicted octanol–water partition coefficient (Wildman–Crippen LogP) is 3.91. The molecule has 0 aromatic rings. The Hall–Kier alpha value is -0.443. The molecule has 0 heterocycles. The first-order chi connectivity index (χ1) is 6.67. The third kappa shape index (κ3) is 3.74. The highest BCUT2D eigenvalue weighted by Gasteiger charge is 2.31. The van der Waals surface area contributed by atoms with Crippen molar-refractivity contribution >= 4 is 8.32 Å². The molecule has 0 spiro atoms. The van der Waals surface area contributed by atoms with Crippen LogP contribution in [-0.4, -0.2) is 14.9 Å². The number of rotatable bonds is 7.